The fourth-order valence-corrected chi connectivity index (χ4v) is 3.17. The topological polar surface area (TPSA) is 89.8 Å². The molecule has 0 aliphatic rings. The van der Waals surface area contributed by atoms with Crippen LogP contribution in [0.3, 0.4) is 0 Å². The Balaban J connectivity index is 1.81. The zero-order valence-electron chi connectivity index (χ0n) is 14.3. The fraction of sp³-hybridized carbons (Fsp3) is 0.235. The van der Waals surface area contributed by atoms with Crippen LogP contribution in [0, 0.1) is 13.8 Å². The van der Waals surface area contributed by atoms with Crippen LogP contribution in [0.1, 0.15) is 17.0 Å². The van der Waals surface area contributed by atoms with Gasteiger partial charge in [-0.1, -0.05) is 17.7 Å². The number of tetrazole rings is 1. The van der Waals surface area contributed by atoms with Gasteiger partial charge in [0.25, 0.3) is 0 Å². The van der Waals surface area contributed by atoms with Gasteiger partial charge in [-0.3, -0.25) is 0 Å². The van der Waals surface area contributed by atoms with Gasteiger partial charge in [0.15, 0.2) is 15.7 Å². The third-order valence-corrected chi connectivity index (χ3v) is 4.99. The van der Waals surface area contributed by atoms with E-state index in [1.54, 1.807) is 28.9 Å². The first-order valence-corrected chi connectivity index (χ1v) is 9.62. The van der Waals surface area contributed by atoms with Crippen molar-refractivity contribution in [1.29, 1.82) is 0 Å². The summed E-state index contributed by atoms with van der Waals surface area (Å²) in [7, 11) is -3.23. The second-order valence-corrected chi connectivity index (χ2v) is 7.96. The summed E-state index contributed by atoms with van der Waals surface area (Å²) in [6, 6.07) is 12.7. The van der Waals surface area contributed by atoms with Gasteiger partial charge in [-0.2, -0.15) is 4.68 Å². The maximum Gasteiger partial charge on any atom is 0.175 e. The molecule has 0 radical (unpaired) electrons. The van der Waals surface area contributed by atoms with Crippen LogP contribution >= 0.6 is 0 Å². The predicted octanol–water partition coefficient (Wildman–Crippen LogP) is 2.29. The number of aromatic nitrogens is 4. The summed E-state index contributed by atoms with van der Waals surface area (Å²) in [5.41, 5.74) is 4.08. The molecule has 0 saturated carbocycles. The Labute approximate surface area is 146 Å². The third-order valence-electron chi connectivity index (χ3n) is 3.86. The van der Waals surface area contributed by atoms with Crippen molar-refractivity contribution in [3.8, 4) is 5.69 Å². The molecule has 0 unspecified atom stereocenters. The summed E-state index contributed by atoms with van der Waals surface area (Å²) in [6.07, 6.45) is 1.18. The number of rotatable bonds is 5. The minimum absolute atomic E-state index is 0.263. The summed E-state index contributed by atoms with van der Waals surface area (Å²) < 4.78 is 24.7. The number of sulfone groups is 1. The lowest BCUT2D eigenvalue weighted by Gasteiger charge is -2.10. The molecular weight excluding hydrogens is 338 g/mol. The van der Waals surface area contributed by atoms with Gasteiger partial charge in [0.05, 0.1) is 17.1 Å². The molecule has 2 aromatic carbocycles. The molecule has 3 aromatic rings. The Morgan fingerprint density at radius 2 is 1.80 bits per heavy atom. The molecule has 1 aromatic heterocycles. The molecule has 8 heteroatoms. The minimum Gasteiger partial charge on any atom is -0.377 e. The predicted molar refractivity (Wildman–Crippen MR) is 95.5 cm³/mol. The van der Waals surface area contributed by atoms with Gasteiger partial charge in [-0.25, -0.2) is 8.42 Å². The normalized spacial score (nSPS) is 11.5. The molecule has 1 N–H and O–H groups in total. The van der Waals surface area contributed by atoms with E-state index in [4.69, 9.17) is 0 Å². The Morgan fingerprint density at radius 1 is 1.08 bits per heavy atom. The number of nitrogens with one attached hydrogen (secondary N) is 1. The molecule has 0 aliphatic heterocycles. The third kappa shape index (κ3) is 3.85. The highest BCUT2D eigenvalue weighted by molar-refractivity contribution is 7.90. The number of aryl methyl sites for hydroxylation is 2. The molecule has 0 bridgehead atoms. The van der Waals surface area contributed by atoms with Gasteiger partial charge in [-0.15, -0.1) is 5.10 Å². The highest BCUT2D eigenvalue weighted by Gasteiger charge is 2.11. The van der Waals surface area contributed by atoms with E-state index in [0.29, 0.717) is 18.1 Å². The monoisotopic (exact) mass is 357 g/mol. The van der Waals surface area contributed by atoms with Crippen LogP contribution in [0.4, 0.5) is 5.69 Å². The lowest BCUT2D eigenvalue weighted by Crippen LogP contribution is -2.09. The summed E-state index contributed by atoms with van der Waals surface area (Å²) in [6.45, 7) is 4.55. The van der Waals surface area contributed by atoms with Gasteiger partial charge < -0.3 is 5.32 Å². The molecule has 130 valence electrons. The highest BCUT2D eigenvalue weighted by Crippen LogP contribution is 2.18. The molecular formula is C17H19N5O2S. The van der Waals surface area contributed by atoms with E-state index in [9.17, 15) is 8.42 Å². The van der Waals surface area contributed by atoms with Crippen LogP contribution in [0.15, 0.2) is 47.4 Å². The second-order valence-electron chi connectivity index (χ2n) is 5.94. The number of nitrogens with zero attached hydrogens (tertiary/aromatic N) is 4. The number of benzene rings is 2. The molecule has 7 nitrogen and oxygen atoms in total. The molecule has 25 heavy (non-hydrogen) atoms. The van der Waals surface area contributed by atoms with E-state index >= 15 is 0 Å². The molecule has 0 atom stereocenters. The fourth-order valence-electron chi connectivity index (χ4n) is 2.54. The Kier molecular flexibility index (Phi) is 4.54. The maximum atomic E-state index is 11.6. The minimum atomic E-state index is -3.23. The number of anilines is 1. The molecule has 0 spiro atoms. The lowest BCUT2D eigenvalue weighted by atomic mass is 10.1. The summed E-state index contributed by atoms with van der Waals surface area (Å²) >= 11 is 0. The largest absolute Gasteiger partial charge is 0.377 e. The van der Waals surface area contributed by atoms with E-state index in [0.717, 1.165) is 11.3 Å². The van der Waals surface area contributed by atoms with Crippen LogP contribution in [0.5, 0.6) is 0 Å². The first kappa shape index (κ1) is 17.1. The quantitative estimate of drug-likeness (QED) is 0.753. The van der Waals surface area contributed by atoms with Crippen molar-refractivity contribution in [2.24, 2.45) is 0 Å². The van der Waals surface area contributed by atoms with E-state index in [-0.39, 0.29) is 4.90 Å². The van der Waals surface area contributed by atoms with Crippen LogP contribution in [0.25, 0.3) is 5.69 Å². The standard InChI is InChI=1S/C17H19N5O2S/c1-12-4-9-16(13(2)10-12)18-11-17-19-20-21-22(17)14-5-7-15(8-6-14)25(3,23)24/h4-10,18H,11H2,1-3H3. The molecule has 1 heterocycles. The van der Waals surface area contributed by atoms with Crippen molar-refractivity contribution >= 4 is 15.5 Å². The Morgan fingerprint density at radius 3 is 2.44 bits per heavy atom. The second kappa shape index (κ2) is 6.64. The summed E-state index contributed by atoms with van der Waals surface area (Å²) in [5.74, 6) is 0.632. The first-order valence-electron chi connectivity index (χ1n) is 7.73. The Bertz CT molecular complexity index is 994. The lowest BCUT2D eigenvalue weighted by molar-refractivity contribution is 0.602. The van der Waals surface area contributed by atoms with Gasteiger partial charge in [0, 0.05) is 11.9 Å². The van der Waals surface area contributed by atoms with Gasteiger partial charge in [0.1, 0.15) is 0 Å². The van der Waals surface area contributed by atoms with Gasteiger partial charge in [-0.05, 0) is 60.2 Å². The Hall–Kier alpha value is -2.74. The van der Waals surface area contributed by atoms with Crippen LogP contribution in [0.2, 0.25) is 0 Å². The molecule has 0 fully saturated rings. The van der Waals surface area contributed by atoms with Crippen molar-refractivity contribution in [3.05, 3.63) is 59.4 Å². The molecule has 3 rings (SSSR count). The smallest absolute Gasteiger partial charge is 0.175 e. The van der Waals surface area contributed by atoms with Crippen LogP contribution in [-0.2, 0) is 16.4 Å². The van der Waals surface area contributed by atoms with Crippen molar-refractivity contribution in [2.75, 3.05) is 11.6 Å². The highest BCUT2D eigenvalue weighted by atomic mass is 32.2. The van der Waals surface area contributed by atoms with Gasteiger partial charge >= 0.3 is 0 Å². The number of hydrogen-bond acceptors (Lipinski definition) is 6. The van der Waals surface area contributed by atoms with Crippen molar-refractivity contribution in [1.82, 2.24) is 20.2 Å². The zero-order valence-corrected chi connectivity index (χ0v) is 15.1. The van der Waals surface area contributed by atoms with Crippen molar-refractivity contribution in [3.63, 3.8) is 0 Å². The van der Waals surface area contributed by atoms with Crippen molar-refractivity contribution in [2.45, 2.75) is 25.3 Å². The molecule has 0 aliphatic carbocycles. The average Bonchev–Trinajstić information content (AvgIpc) is 3.02. The van der Waals surface area contributed by atoms with Crippen molar-refractivity contribution < 1.29 is 8.42 Å². The zero-order chi connectivity index (χ0) is 18.0. The van der Waals surface area contributed by atoms with Crippen LogP contribution in [-0.4, -0.2) is 34.9 Å². The van der Waals surface area contributed by atoms with E-state index < -0.39 is 9.84 Å². The molecule has 0 amide bonds. The number of hydrogen-bond donors (Lipinski definition) is 1. The summed E-state index contributed by atoms with van der Waals surface area (Å²) in [4.78, 5) is 0.263. The van der Waals surface area contributed by atoms with E-state index in [1.807, 2.05) is 19.1 Å². The van der Waals surface area contributed by atoms with Crippen LogP contribution < -0.4 is 5.32 Å². The average molecular weight is 357 g/mol. The molecule has 0 saturated heterocycles. The maximum absolute atomic E-state index is 11.6. The van der Waals surface area contributed by atoms with Gasteiger partial charge in [0.2, 0.25) is 0 Å². The van der Waals surface area contributed by atoms with E-state index in [1.165, 1.54) is 11.8 Å². The first-order chi connectivity index (χ1) is 11.8. The SMILES string of the molecule is Cc1ccc(NCc2nnnn2-c2ccc(S(C)(=O)=O)cc2)c(C)c1. The van der Waals surface area contributed by atoms with E-state index in [2.05, 4.69) is 33.8 Å². The summed E-state index contributed by atoms with van der Waals surface area (Å²) in [5, 5.41) is 15.1.